The molecule has 1 aliphatic rings. The molecule has 1 atom stereocenters. The van der Waals surface area contributed by atoms with E-state index in [9.17, 15) is 0 Å². The van der Waals surface area contributed by atoms with Crippen LogP contribution in [0, 0.1) is 5.92 Å². The Morgan fingerprint density at radius 3 is 2.92 bits per heavy atom. The molecule has 70 valence electrons. The van der Waals surface area contributed by atoms with Crippen molar-refractivity contribution in [2.75, 3.05) is 4.43 Å². The van der Waals surface area contributed by atoms with Crippen molar-refractivity contribution in [2.24, 2.45) is 5.92 Å². The van der Waals surface area contributed by atoms with Crippen LogP contribution in [-0.2, 0) is 0 Å². The lowest BCUT2D eigenvalue weighted by Crippen LogP contribution is -1.97. The summed E-state index contributed by atoms with van der Waals surface area (Å²) in [6.07, 6.45) is 10.8. The summed E-state index contributed by atoms with van der Waals surface area (Å²) in [6, 6.07) is 0. The fourth-order valence-electron chi connectivity index (χ4n) is 1.87. The molecule has 0 aromatic rings. The Balaban J connectivity index is 2.14. The normalized spacial score (nSPS) is 19.3. The Morgan fingerprint density at radius 1 is 1.50 bits per heavy atom. The maximum Gasteiger partial charge on any atom is -0.000472 e. The highest BCUT2D eigenvalue weighted by Gasteiger charge is 2.11. The first-order valence-electron chi connectivity index (χ1n) is 5.09. The van der Waals surface area contributed by atoms with E-state index in [1.165, 1.54) is 43.0 Å². The average molecular weight is 278 g/mol. The van der Waals surface area contributed by atoms with Gasteiger partial charge in [-0.25, -0.2) is 0 Å². The highest BCUT2D eigenvalue weighted by Crippen LogP contribution is 2.27. The van der Waals surface area contributed by atoms with Crippen LogP contribution in [0.5, 0.6) is 0 Å². The average Bonchev–Trinajstić information content (AvgIpc) is 2.56. The van der Waals surface area contributed by atoms with Crippen molar-refractivity contribution in [2.45, 2.75) is 45.4 Å². The van der Waals surface area contributed by atoms with Crippen molar-refractivity contribution in [1.29, 1.82) is 0 Å². The molecule has 0 aromatic heterocycles. The van der Waals surface area contributed by atoms with Crippen molar-refractivity contribution in [1.82, 2.24) is 0 Å². The SMILES string of the molecule is CC(CCCCI)C1=CCCC1. The van der Waals surface area contributed by atoms with E-state index in [1.54, 1.807) is 5.57 Å². The fraction of sp³-hybridized carbons (Fsp3) is 0.818. The number of hydrogen-bond acceptors (Lipinski definition) is 0. The molecule has 0 nitrogen and oxygen atoms in total. The second kappa shape index (κ2) is 6.01. The Bertz CT molecular complexity index is 149. The predicted octanol–water partition coefficient (Wildman–Crippen LogP) is 4.34. The lowest BCUT2D eigenvalue weighted by Gasteiger charge is -2.11. The van der Waals surface area contributed by atoms with Crippen LogP contribution in [-0.4, -0.2) is 4.43 Å². The van der Waals surface area contributed by atoms with Crippen molar-refractivity contribution >= 4 is 22.6 Å². The molecular formula is C11H19I. The van der Waals surface area contributed by atoms with Gasteiger partial charge in [0.05, 0.1) is 0 Å². The van der Waals surface area contributed by atoms with E-state index in [-0.39, 0.29) is 0 Å². The molecule has 0 N–H and O–H groups in total. The molecule has 0 saturated carbocycles. The zero-order chi connectivity index (χ0) is 8.81. The highest BCUT2D eigenvalue weighted by molar-refractivity contribution is 14.1. The lowest BCUT2D eigenvalue weighted by molar-refractivity contribution is 0.563. The summed E-state index contributed by atoms with van der Waals surface area (Å²) in [7, 11) is 0. The summed E-state index contributed by atoms with van der Waals surface area (Å²) in [5, 5.41) is 0. The van der Waals surface area contributed by atoms with E-state index in [4.69, 9.17) is 0 Å². The van der Waals surface area contributed by atoms with Crippen molar-refractivity contribution < 1.29 is 0 Å². The standard InChI is InChI=1S/C11H19I/c1-10(6-4-5-9-12)11-7-2-3-8-11/h7,10H,2-6,8-9H2,1H3. The van der Waals surface area contributed by atoms with E-state index in [0.717, 1.165) is 5.92 Å². The van der Waals surface area contributed by atoms with Gasteiger partial charge in [0.25, 0.3) is 0 Å². The fourth-order valence-corrected chi connectivity index (χ4v) is 2.41. The Kier molecular flexibility index (Phi) is 5.28. The quantitative estimate of drug-likeness (QED) is 0.304. The highest BCUT2D eigenvalue weighted by atomic mass is 127. The molecule has 0 spiro atoms. The summed E-state index contributed by atoms with van der Waals surface area (Å²) in [4.78, 5) is 0. The van der Waals surface area contributed by atoms with Gasteiger partial charge in [-0.3, -0.25) is 0 Å². The molecule has 0 radical (unpaired) electrons. The molecular weight excluding hydrogens is 259 g/mol. The molecule has 1 heteroatoms. The van der Waals surface area contributed by atoms with Crippen LogP contribution in [0.4, 0.5) is 0 Å². The lowest BCUT2D eigenvalue weighted by atomic mass is 9.95. The molecule has 12 heavy (non-hydrogen) atoms. The molecule has 1 unspecified atom stereocenters. The number of halogens is 1. The second-order valence-corrected chi connectivity index (χ2v) is 4.84. The minimum atomic E-state index is 0.871. The van der Waals surface area contributed by atoms with Gasteiger partial charge in [0.1, 0.15) is 0 Å². The predicted molar refractivity (Wildman–Crippen MR) is 63.8 cm³/mol. The van der Waals surface area contributed by atoms with Gasteiger partial charge in [-0.15, -0.1) is 0 Å². The van der Waals surface area contributed by atoms with Gasteiger partial charge in [-0.05, 0) is 42.4 Å². The molecule has 0 saturated heterocycles. The van der Waals surface area contributed by atoms with Gasteiger partial charge >= 0.3 is 0 Å². The minimum absolute atomic E-state index is 0.871. The molecule has 1 aliphatic carbocycles. The van der Waals surface area contributed by atoms with Gasteiger partial charge in [0.2, 0.25) is 0 Å². The summed E-state index contributed by atoms with van der Waals surface area (Å²) in [6.45, 7) is 2.39. The second-order valence-electron chi connectivity index (χ2n) is 3.76. The first-order chi connectivity index (χ1) is 5.84. The topological polar surface area (TPSA) is 0 Å². The first-order valence-corrected chi connectivity index (χ1v) is 6.62. The third kappa shape index (κ3) is 3.46. The van der Waals surface area contributed by atoms with Crippen molar-refractivity contribution in [3.05, 3.63) is 11.6 Å². The van der Waals surface area contributed by atoms with Gasteiger partial charge in [-0.2, -0.15) is 0 Å². The van der Waals surface area contributed by atoms with Gasteiger partial charge in [-0.1, -0.05) is 47.6 Å². The van der Waals surface area contributed by atoms with Crippen LogP contribution in [0.1, 0.15) is 45.4 Å². The summed E-state index contributed by atoms with van der Waals surface area (Å²) in [5.41, 5.74) is 1.74. The molecule has 0 amide bonds. The maximum absolute atomic E-state index is 2.47. The summed E-state index contributed by atoms with van der Waals surface area (Å²) >= 11 is 2.47. The van der Waals surface area contributed by atoms with Gasteiger partial charge < -0.3 is 0 Å². The van der Waals surface area contributed by atoms with Gasteiger partial charge in [0.15, 0.2) is 0 Å². The summed E-state index contributed by atoms with van der Waals surface area (Å²) in [5.74, 6) is 0.871. The van der Waals surface area contributed by atoms with Crippen LogP contribution in [0.2, 0.25) is 0 Å². The maximum atomic E-state index is 2.47. The molecule has 0 heterocycles. The summed E-state index contributed by atoms with van der Waals surface area (Å²) < 4.78 is 1.32. The van der Waals surface area contributed by atoms with Crippen molar-refractivity contribution in [3.63, 3.8) is 0 Å². The Hall–Kier alpha value is 0.470. The monoisotopic (exact) mass is 278 g/mol. The van der Waals surface area contributed by atoms with Crippen LogP contribution in [0.25, 0.3) is 0 Å². The molecule has 0 bridgehead atoms. The van der Waals surface area contributed by atoms with Crippen LogP contribution >= 0.6 is 22.6 Å². The van der Waals surface area contributed by atoms with E-state index in [2.05, 4.69) is 35.6 Å². The zero-order valence-corrected chi connectivity index (χ0v) is 10.1. The number of hydrogen-bond donors (Lipinski definition) is 0. The van der Waals surface area contributed by atoms with Crippen LogP contribution in [0.3, 0.4) is 0 Å². The molecule has 0 fully saturated rings. The first kappa shape index (κ1) is 10.6. The van der Waals surface area contributed by atoms with E-state index >= 15 is 0 Å². The van der Waals surface area contributed by atoms with E-state index in [0.29, 0.717) is 0 Å². The molecule has 1 rings (SSSR count). The Labute approximate surface area is 90.0 Å². The number of rotatable bonds is 5. The zero-order valence-electron chi connectivity index (χ0n) is 7.98. The van der Waals surface area contributed by atoms with Crippen molar-refractivity contribution in [3.8, 4) is 0 Å². The van der Waals surface area contributed by atoms with Crippen LogP contribution < -0.4 is 0 Å². The van der Waals surface area contributed by atoms with E-state index in [1.807, 2.05) is 0 Å². The number of unbranched alkanes of at least 4 members (excludes halogenated alkanes) is 1. The third-order valence-electron chi connectivity index (χ3n) is 2.73. The molecule has 0 aromatic carbocycles. The third-order valence-corrected chi connectivity index (χ3v) is 3.49. The number of alkyl halides is 1. The smallest absolute Gasteiger partial charge is 0.000472 e. The van der Waals surface area contributed by atoms with E-state index < -0.39 is 0 Å². The Morgan fingerprint density at radius 2 is 2.33 bits per heavy atom. The molecule has 0 aliphatic heterocycles. The minimum Gasteiger partial charge on any atom is -0.0864 e. The van der Waals surface area contributed by atoms with Gasteiger partial charge in [0, 0.05) is 0 Å². The number of allylic oxidation sites excluding steroid dienone is 2. The largest absolute Gasteiger partial charge is 0.0864 e. The van der Waals surface area contributed by atoms with Crippen LogP contribution in [0.15, 0.2) is 11.6 Å².